The number of fused-ring (bicyclic) bond motifs is 3. The molecule has 0 saturated heterocycles. The van der Waals surface area contributed by atoms with Crippen molar-refractivity contribution < 1.29 is 19.1 Å². The van der Waals surface area contributed by atoms with Crippen LogP contribution in [0.5, 0.6) is 0 Å². The monoisotopic (exact) mass is 275 g/mol. The Hall–Kier alpha value is -2.70. The lowest BCUT2D eigenvalue weighted by atomic mass is 10.1. The predicted octanol–water partition coefficient (Wildman–Crippen LogP) is 1.30. The number of aromatic carboxylic acids is 1. The average molecular weight is 275 g/mol. The van der Waals surface area contributed by atoms with Crippen molar-refractivity contribution in [2.24, 2.45) is 0 Å². The second-order valence-electron chi connectivity index (χ2n) is 4.54. The van der Waals surface area contributed by atoms with E-state index in [0.717, 1.165) is 6.07 Å². The third-order valence-electron chi connectivity index (χ3n) is 3.25. The topological polar surface area (TPSA) is 75.4 Å². The van der Waals surface area contributed by atoms with Crippen LogP contribution >= 0.6 is 0 Å². The second kappa shape index (κ2) is 4.16. The van der Waals surface area contributed by atoms with Crippen LogP contribution in [0.4, 0.5) is 4.39 Å². The smallest absolute Gasteiger partial charge is 0.356 e. The van der Waals surface area contributed by atoms with Crippen LogP contribution in [-0.4, -0.2) is 38.5 Å². The number of nitrogens with zero attached hydrogens (tertiary/aromatic N) is 3. The van der Waals surface area contributed by atoms with E-state index in [0.29, 0.717) is 11.4 Å². The molecule has 1 aliphatic heterocycles. The fourth-order valence-electron chi connectivity index (χ4n) is 2.30. The maximum Gasteiger partial charge on any atom is 0.356 e. The molecule has 0 fully saturated rings. The highest BCUT2D eigenvalue weighted by Crippen LogP contribution is 2.26. The molecule has 0 atom stereocenters. The lowest BCUT2D eigenvalue weighted by molar-refractivity contribution is 0.0683. The number of halogens is 1. The lowest BCUT2D eigenvalue weighted by Crippen LogP contribution is -2.25. The third-order valence-corrected chi connectivity index (χ3v) is 3.25. The van der Waals surface area contributed by atoms with Crippen LogP contribution in [0, 0.1) is 5.82 Å². The number of hydrogen-bond acceptors (Lipinski definition) is 3. The summed E-state index contributed by atoms with van der Waals surface area (Å²) < 4.78 is 14.9. The molecule has 1 aromatic heterocycles. The Morgan fingerprint density at radius 3 is 2.90 bits per heavy atom. The molecule has 1 aromatic carbocycles. The average Bonchev–Trinajstić information content (AvgIpc) is 2.77. The molecule has 0 unspecified atom stereocenters. The quantitative estimate of drug-likeness (QED) is 0.851. The summed E-state index contributed by atoms with van der Waals surface area (Å²) in [5.41, 5.74) is 0.886. The summed E-state index contributed by atoms with van der Waals surface area (Å²) >= 11 is 0. The second-order valence-corrected chi connectivity index (χ2v) is 4.54. The van der Waals surface area contributed by atoms with Crippen molar-refractivity contribution in [1.29, 1.82) is 0 Å². The van der Waals surface area contributed by atoms with Gasteiger partial charge >= 0.3 is 5.97 Å². The molecular formula is C13H10FN3O3. The molecule has 7 heteroatoms. The van der Waals surface area contributed by atoms with Crippen molar-refractivity contribution >= 4 is 11.9 Å². The standard InChI is InChI=1S/C13H10FN3O3/c1-16-5-10-11(13(19)20)15-6-17(10)9-3-2-7(14)4-8(9)12(16)18/h2-4,6H,5H2,1H3,(H,19,20). The SMILES string of the molecule is CN1Cc2c(C(=O)O)ncn2-c2ccc(F)cc2C1=O. The molecule has 1 N–H and O–H groups in total. The van der Waals surface area contributed by atoms with Crippen LogP contribution in [0.2, 0.25) is 0 Å². The van der Waals surface area contributed by atoms with Crippen molar-refractivity contribution in [2.45, 2.75) is 6.54 Å². The third kappa shape index (κ3) is 1.67. The zero-order valence-electron chi connectivity index (χ0n) is 10.5. The van der Waals surface area contributed by atoms with Gasteiger partial charge in [-0.2, -0.15) is 0 Å². The predicted molar refractivity (Wildman–Crippen MR) is 66.3 cm³/mol. The van der Waals surface area contributed by atoms with Gasteiger partial charge in [0.2, 0.25) is 0 Å². The van der Waals surface area contributed by atoms with Crippen LogP contribution in [0.25, 0.3) is 5.69 Å². The number of aromatic nitrogens is 2. The minimum atomic E-state index is -1.16. The van der Waals surface area contributed by atoms with Crippen molar-refractivity contribution in [1.82, 2.24) is 14.5 Å². The van der Waals surface area contributed by atoms with E-state index in [2.05, 4.69) is 4.98 Å². The highest BCUT2D eigenvalue weighted by atomic mass is 19.1. The number of rotatable bonds is 1. The maximum absolute atomic E-state index is 13.3. The van der Waals surface area contributed by atoms with Crippen LogP contribution in [0.15, 0.2) is 24.5 Å². The first-order chi connectivity index (χ1) is 9.49. The summed E-state index contributed by atoms with van der Waals surface area (Å²) in [5, 5.41) is 9.13. The summed E-state index contributed by atoms with van der Waals surface area (Å²) in [7, 11) is 1.53. The van der Waals surface area contributed by atoms with Crippen LogP contribution in [0.1, 0.15) is 26.5 Å². The Morgan fingerprint density at radius 1 is 1.45 bits per heavy atom. The molecule has 2 aromatic rings. The molecule has 2 heterocycles. The van der Waals surface area contributed by atoms with E-state index in [1.54, 1.807) is 0 Å². The van der Waals surface area contributed by atoms with E-state index >= 15 is 0 Å². The molecule has 0 spiro atoms. The van der Waals surface area contributed by atoms with Gasteiger partial charge in [-0.25, -0.2) is 14.2 Å². The van der Waals surface area contributed by atoms with Crippen molar-refractivity contribution in [2.75, 3.05) is 7.05 Å². The van der Waals surface area contributed by atoms with Gasteiger partial charge in [0.1, 0.15) is 12.1 Å². The van der Waals surface area contributed by atoms with Crippen LogP contribution in [0.3, 0.4) is 0 Å². The summed E-state index contributed by atoms with van der Waals surface area (Å²) in [6, 6.07) is 3.81. The molecule has 3 rings (SSSR count). The first kappa shape index (κ1) is 12.3. The van der Waals surface area contributed by atoms with Gasteiger partial charge in [0.15, 0.2) is 5.69 Å². The number of carboxylic acids is 1. The highest BCUT2D eigenvalue weighted by molar-refractivity contribution is 5.98. The van der Waals surface area contributed by atoms with E-state index in [-0.39, 0.29) is 23.7 Å². The van der Waals surface area contributed by atoms with Gasteiger partial charge in [-0.15, -0.1) is 0 Å². The number of imidazole rings is 1. The summed E-state index contributed by atoms with van der Waals surface area (Å²) in [6.07, 6.45) is 1.34. The van der Waals surface area contributed by atoms with E-state index in [1.165, 1.54) is 35.0 Å². The van der Waals surface area contributed by atoms with Crippen LogP contribution in [-0.2, 0) is 6.54 Å². The van der Waals surface area contributed by atoms with E-state index in [9.17, 15) is 14.0 Å². The molecule has 0 saturated carbocycles. The van der Waals surface area contributed by atoms with E-state index < -0.39 is 11.8 Å². The number of hydrogen-bond donors (Lipinski definition) is 1. The maximum atomic E-state index is 13.3. The van der Waals surface area contributed by atoms with Gasteiger partial charge < -0.3 is 10.0 Å². The molecule has 0 radical (unpaired) electrons. The largest absolute Gasteiger partial charge is 0.476 e. The number of carbonyl (C=O) groups is 2. The lowest BCUT2D eigenvalue weighted by Gasteiger charge is -2.14. The summed E-state index contributed by atoms with van der Waals surface area (Å²) in [5.74, 6) is -2.04. The number of amides is 1. The summed E-state index contributed by atoms with van der Waals surface area (Å²) in [4.78, 5) is 28.6. The molecule has 1 amide bonds. The minimum Gasteiger partial charge on any atom is -0.476 e. The molecule has 102 valence electrons. The Balaban J connectivity index is 2.31. The molecular weight excluding hydrogens is 265 g/mol. The Labute approximate surface area is 113 Å². The van der Waals surface area contributed by atoms with E-state index in [4.69, 9.17) is 5.11 Å². The zero-order valence-corrected chi connectivity index (χ0v) is 10.5. The number of carboxylic acid groups (broad SMARTS) is 1. The van der Waals surface area contributed by atoms with Crippen molar-refractivity contribution in [3.63, 3.8) is 0 Å². The van der Waals surface area contributed by atoms with Gasteiger partial charge in [0.05, 0.1) is 23.5 Å². The molecule has 6 nitrogen and oxygen atoms in total. The first-order valence-electron chi connectivity index (χ1n) is 5.84. The van der Waals surface area contributed by atoms with Crippen molar-refractivity contribution in [3.05, 3.63) is 47.3 Å². The van der Waals surface area contributed by atoms with E-state index in [1.807, 2.05) is 0 Å². The molecule has 1 aliphatic rings. The molecule has 20 heavy (non-hydrogen) atoms. The molecule has 0 bridgehead atoms. The van der Waals surface area contributed by atoms with Gasteiger partial charge in [-0.05, 0) is 18.2 Å². The normalized spacial score (nSPS) is 13.7. The highest BCUT2D eigenvalue weighted by Gasteiger charge is 2.28. The fourth-order valence-corrected chi connectivity index (χ4v) is 2.30. The Bertz CT molecular complexity index is 738. The van der Waals surface area contributed by atoms with Crippen LogP contribution < -0.4 is 0 Å². The Morgan fingerprint density at radius 2 is 2.20 bits per heavy atom. The summed E-state index contributed by atoms with van der Waals surface area (Å²) in [6.45, 7) is 0.0940. The number of carbonyl (C=O) groups excluding carboxylic acids is 1. The van der Waals surface area contributed by atoms with Gasteiger partial charge in [0, 0.05) is 7.05 Å². The van der Waals surface area contributed by atoms with Gasteiger partial charge in [-0.1, -0.05) is 0 Å². The van der Waals surface area contributed by atoms with Crippen molar-refractivity contribution in [3.8, 4) is 5.69 Å². The Kier molecular flexibility index (Phi) is 2.56. The molecule has 0 aliphatic carbocycles. The minimum absolute atomic E-state index is 0.0940. The first-order valence-corrected chi connectivity index (χ1v) is 5.84. The number of benzene rings is 1. The van der Waals surface area contributed by atoms with Gasteiger partial charge in [0.25, 0.3) is 5.91 Å². The fraction of sp³-hybridized carbons (Fsp3) is 0.154. The zero-order chi connectivity index (χ0) is 14.4. The van der Waals surface area contributed by atoms with Gasteiger partial charge in [-0.3, -0.25) is 9.36 Å².